The molecule has 3 aliphatic rings. The number of aryl methyl sites for hydroxylation is 1. The van der Waals surface area contributed by atoms with Crippen LogP contribution in [0.1, 0.15) is 51.8 Å². The first-order valence-electron chi connectivity index (χ1n) is 9.69. The van der Waals surface area contributed by atoms with Crippen molar-refractivity contribution in [1.82, 2.24) is 19.9 Å². The molecule has 0 bridgehead atoms. The van der Waals surface area contributed by atoms with Crippen molar-refractivity contribution in [2.45, 2.75) is 38.5 Å². The lowest BCUT2D eigenvalue weighted by Gasteiger charge is -2.27. The van der Waals surface area contributed by atoms with Crippen molar-refractivity contribution in [3.63, 3.8) is 0 Å². The second-order valence-electron chi connectivity index (χ2n) is 7.83. The van der Waals surface area contributed by atoms with Gasteiger partial charge in [0.1, 0.15) is 4.88 Å². The quantitative estimate of drug-likeness (QED) is 0.854. The molecule has 0 unspecified atom stereocenters. The molecule has 2 aromatic rings. The third kappa shape index (κ3) is 2.77. The van der Waals surface area contributed by atoms with Gasteiger partial charge >= 0.3 is 0 Å². The number of H-pyrrole nitrogens is 1. The highest BCUT2D eigenvalue weighted by Crippen LogP contribution is 2.40. The van der Waals surface area contributed by atoms with E-state index in [0.29, 0.717) is 18.4 Å². The van der Waals surface area contributed by atoms with Gasteiger partial charge in [0.05, 0.1) is 16.9 Å². The minimum absolute atomic E-state index is 0.00317. The summed E-state index contributed by atoms with van der Waals surface area (Å²) in [5.41, 5.74) is 4.27. The molecule has 2 aromatic heterocycles. The zero-order valence-electron chi connectivity index (χ0n) is 15.4. The Balaban J connectivity index is 1.46. The Kier molecular flexibility index (Phi) is 4.03. The van der Waals surface area contributed by atoms with E-state index in [4.69, 9.17) is 4.98 Å². The van der Waals surface area contributed by atoms with Crippen molar-refractivity contribution in [2.24, 2.45) is 5.92 Å². The van der Waals surface area contributed by atoms with Crippen LogP contribution in [0.4, 0.5) is 5.95 Å². The molecule has 7 nitrogen and oxygen atoms in total. The van der Waals surface area contributed by atoms with Gasteiger partial charge in [-0.15, -0.1) is 11.3 Å². The van der Waals surface area contributed by atoms with Crippen LogP contribution >= 0.6 is 11.3 Å². The normalized spacial score (nSPS) is 24.2. The third-order valence-corrected chi connectivity index (χ3v) is 7.14. The number of thiazole rings is 1. The van der Waals surface area contributed by atoms with Gasteiger partial charge in [0.15, 0.2) is 0 Å². The fourth-order valence-corrected chi connectivity index (χ4v) is 5.52. The Morgan fingerprint density at radius 2 is 2.11 bits per heavy atom. The van der Waals surface area contributed by atoms with E-state index < -0.39 is 0 Å². The van der Waals surface area contributed by atoms with Gasteiger partial charge in [0.25, 0.3) is 11.5 Å². The highest BCUT2D eigenvalue weighted by atomic mass is 32.1. The summed E-state index contributed by atoms with van der Waals surface area (Å²) >= 11 is 1.41. The van der Waals surface area contributed by atoms with Crippen LogP contribution in [0.2, 0.25) is 0 Å². The molecule has 5 rings (SSSR count). The van der Waals surface area contributed by atoms with Gasteiger partial charge in [0.2, 0.25) is 5.95 Å². The molecular weight excluding hydrogens is 362 g/mol. The summed E-state index contributed by atoms with van der Waals surface area (Å²) < 4.78 is 0. The predicted octanol–water partition coefficient (Wildman–Crippen LogP) is 1.94. The van der Waals surface area contributed by atoms with E-state index in [0.717, 1.165) is 67.1 Å². The van der Waals surface area contributed by atoms with E-state index in [1.807, 2.05) is 11.8 Å². The molecule has 4 heterocycles. The number of aromatic amines is 1. The van der Waals surface area contributed by atoms with Crippen LogP contribution in [0.5, 0.6) is 0 Å². The number of likely N-dealkylation sites (tertiary alicyclic amines) is 1. The van der Waals surface area contributed by atoms with Crippen molar-refractivity contribution in [3.05, 3.63) is 37.7 Å². The zero-order valence-corrected chi connectivity index (χ0v) is 16.2. The number of rotatable bonds is 2. The fraction of sp³-hybridized carbons (Fsp3) is 0.579. The Labute approximate surface area is 161 Å². The van der Waals surface area contributed by atoms with Crippen molar-refractivity contribution in [2.75, 3.05) is 31.1 Å². The van der Waals surface area contributed by atoms with Crippen LogP contribution in [0.3, 0.4) is 0 Å². The Hall–Kier alpha value is -2.22. The summed E-state index contributed by atoms with van der Waals surface area (Å²) in [6.07, 6.45) is 3.98. The summed E-state index contributed by atoms with van der Waals surface area (Å²) in [7, 11) is 0. The molecule has 2 aliphatic heterocycles. The number of aromatic nitrogens is 3. The zero-order chi connectivity index (χ0) is 18.5. The highest BCUT2D eigenvalue weighted by molar-refractivity contribution is 7.11. The average Bonchev–Trinajstić information content (AvgIpc) is 3.41. The van der Waals surface area contributed by atoms with Crippen molar-refractivity contribution >= 4 is 23.2 Å². The Bertz CT molecular complexity index is 946. The molecule has 27 heavy (non-hydrogen) atoms. The summed E-state index contributed by atoms with van der Waals surface area (Å²) in [4.78, 5) is 42.5. The smallest absolute Gasteiger partial charge is 0.265 e. The molecule has 142 valence electrons. The first-order valence-corrected chi connectivity index (χ1v) is 10.6. The van der Waals surface area contributed by atoms with Crippen LogP contribution in [0.25, 0.3) is 0 Å². The van der Waals surface area contributed by atoms with Gasteiger partial charge in [0, 0.05) is 37.7 Å². The van der Waals surface area contributed by atoms with E-state index in [-0.39, 0.29) is 17.4 Å². The van der Waals surface area contributed by atoms with Gasteiger partial charge in [-0.1, -0.05) is 0 Å². The Morgan fingerprint density at radius 1 is 1.30 bits per heavy atom. The lowest BCUT2D eigenvalue weighted by atomic mass is 9.80. The number of fused-ring (bicyclic) bond motifs is 3. The number of hydrogen-bond acceptors (Lipinski definition) is 6. The molecule has 8 heteroatoms. The Morgan fingerprint density at radius 3 is 2.85 bits per heavy atom. The number of anilines is 1. The first kappa shape index (κ1) is 16.9. The number of hydrogen-bond donors (Lipinski definition) is 1. The maximum Gasteiger partial charge on any atom is 0.265 e. The van der Waals surface area contributed by atoms with E-state index in [1.54, 1.807) is 5.51 Å². The summed E-state index contributed by atoms with van der Waals surface area (Å²) in [5, 5.41) is 0. The SMILES string of the molecule is Cc1ncsc1C(=O)N1C[C@H]2CCc3c(nc(N4CCCC4)[nH]c3=O)[C@H]2C1. The molecule has 0 aromatic carbocycles. The average molecular weight is 385 g/mol. The predicted molar refractivity (Wildman–Crippen MR) is 104 cm³/mol. The van der Waals surface area contributed by atoms with Gasteiger partial charge in [-0.2, -0.15) is 0 Å². The maximum atomic E-state index is 12.9. The van der Waals surface area contributed by atoms with Crippen LogP contribution in [-0.4, -0.2) is 51.9 Å². The monoisotopic (exact) mass is 385 g/mol. The minimum Gasteiger partial charge on any atom is -0.342 e. The number of carbonyl (C=O) groups excluding carboxylic acids is 1. The molecule has 1 aliphatic carbocycles. The topological polar surface area (TPSA) is 82.2 Å². The molecular formula is C19H23N5O2S. The fourth-order valence-electron chi connectivity index (χ4n) is 4.75. The standard InChI is InChI=1S/C19H23N5O2S/c1-11-16(27-10-20-11)18(26)24-8-12-4-5-13-15(14(12)9-24)21-19(22-17(13)25)23-6-2-3-7-23/h10,12,14H,2-9H2,1H3,(H,21,22,25)/t12-,14+/m1/s1. The molecule has 2 fully saturated rings. The summed E-state index contributed by atoms with van der Waals surface area (Å²) in [6.45, 7) is 5.17. The highest BCUT2D eigenvalue weighted by Gasteiger charge is 2.42. The minimum atomic E-state index is 0.00317. The van der Waals surface area contributed by atoms with Crippen molar-refractivity contribution in [3.8, 4) is 0 Å². The molecule has 0 saturated carbocycles. The van der Waals surface area contributed by atoms with Crippen LogP contribution in [0.15, 0.2) is 10.3 Å². The summed E-state index contributed by atoms with van der Waals surface area (Å²) in [6, 6.07) is 0. The first-order chi connectivity index (χ1) is 13.1. The van der Waals surface area contributed by atoms with E-state index in [1.165, 1.54) is 11.3 Å². The number of carbonyl (C=O) groups is 1. The maximum absolute atomic E-state index is 12.9. The molecule has 2 atom stereocenters. The van der Waals surface area contributed by atoms with Gasteiger partial charge in [-0.25, -0.2) is 9.97 Å². The molecule has 2 saturated heterocycles. The van der Waals surface area contributed by atoms with Crippen molar-refractivity contribution < 1.29 is 4.79 Å². The largest absolute Gasteiger partial charge is 0.342 e. The van der Waals surface area contributed by atoms with Gasteiger partial charge in [-0.05, 0) is 38.5 Å². The second-order valence-corrected chi connectivity index (χ2v) is 8.68. The van der Waals surface area contributed by atoms with Crippen LogP contribution < -0.4 is 10.5 Å². The van der Waals surface area contributed by atoms with E-state index >= 15 is 0 Å². The van der Waals surface area contributed by atoms with Gasteiger partial charge in [-0.3, -0.25) is 14.6 Å². The van der Waals surface area contributed by atoms with Crippen molar-refractivity contribution in [1.29, 1.82) is 0 Å². The van der Waals surface area contributed by atoms with E-state index in [9.17, 15) is 9.59 Å². The number of amides is 1. The lowest BCUT2D eigenvalue weighted by molar-refractivity contribution is 0.0789. The molecule has 0 spiro atoms. The van der Waals surface area contributed by atoms with Crippen LogP contribution in [-0.2, 0) is 6.42 Å². The molecule has 1 amide bonds. The third-order valence-electron chi connectivity index (χ3n) is 6.22. The lowest BCUT2D eigenvalue weighted by Crippen LogP contribution is -2.31. The number of nitrogens with one attached hydrogen (secondary N) is 1. The second kappa shape index (κ2) is 6.44. The molecule has 0 radical (unpaired) electrons. The summed E-state index contributed by atoms with van der Waals surface area (Å²) in [5.74, 6) is 1.32. The van der Waals surface area contributed by atoms with Gasteiger partial charge < -0.3 is 9.80 Å². The molecule has 1 N–H and O–H groups in total. The van der Waals surface area contributed by atoms with Crippen LogP contribution in [0, 0.1) is 12.8 Å². The van der Waals surface area contributed by atoms with E-state index in [2.05, 4.69) is 14.9 Å². The number of nitrogens with zero attached hydrogens (tertiary/aromatic N) is 4.